The van der Waals surface area contributed by atoms with Gasteiger partial charge in [-0.05, 0) is 31.6 Å². The maximum atomic E-state index is 12.2. The Morgan fingerprint density at radius 2 is 1.94 bits per heavy atom. The molecule has 100 valence electrons. The molecular weight excluding hydrogens is 216 g/mol. The first-order valence-corrected chi connectivity index (χ1v) is 6.40. The third kappa shape index (κ3) is 3.96. The Hall–Kier alpha value is -0.610. The molecule has 0 aromatic carbocycles. The van der Waals surface area contributed by atoms with E-state index in [0.717, 1.165) is 12.8 Å². The van der Waals surface area contributed by atoms with Gasteiger partial charge in [-0.1, -0.05) is 20.8 Å². The number of aliphatic hydroxyl groups is 1. The summed E-state index contributed by atoms with van der Waals surface area (Å²) in [7, 11) is 0. The van der Waals surface area contributed by atoms with Crippen molar-refractivity contribution in [1.82, 2.24) is 4.90 Å². The maximum Gasteiger partial charge on any atom is 0.240 e. The van der Waals surface area contributed by atoms with E-state index in [9.17, 15) is 9.90 Å². The van der Waals surface area contributed by atoms with Crippen LogP contribution in [0.25, 0.3) is 0 Å². The lowest BCUT2D eigenvalue weighted by Crippen LogP contribution is -2.50. The number of amides is 1. The molecule has 4 heteroatoms. The molecular formula is C13H26N2O2. The number of nitrogens with two attached hydrogens (primary N) is 1. The molecule has 3 N–H and O–H groups in total. The first kappa shape index (κ1) is 14.5. The van der Waals surface area contributed by atoms with Crippen LogP contribution in [0.5, 0.6) is 0 Å². The van der Waals surface area contributed by atoms with Crippen molar-refractivity contribution in [2.45, 2.75) is 58.6 Å². The van der Waals surface area contributed by atoms with Crippen molar-refractivity contribution in [3.05, 3.63) is 0 Å². The zero-order valence-electron chi connectivity index (χ0n) is 11.5. The molecule has 17 heavy (non-hydrogen) atoms. The number of rotatable bonds is 1. The molecule has 4 nitrogen and oxygen atoms in total. The summed E-state index contributed by atoms with van der Waals surface area (Å²) in [6.45, 7) is 9.08. The van der Waals surface area contributed by atoms with E-state index in [0.29, 0.717) is 19.5 Å². The van der Waals surface area contributed by atoms with Crippen LogP contribution >= 0.6 is 0 Å². The molecule has 1 unspecified atom stereocenters. The largest absolute Gasteiger partial charge is 0.390 e. The van der Waals surface area contributed by atoms with Crippen molar-refractivity contribution in [3.63, 3.8) is 0 Å². The fourth-order valence-electron chi connectivity index (χ4n) is 2.05. The Kier molecular flexibility index (Phi) is 4.20. The summed E-state index contributed by atoms with van der Waals surface area (Å²) in [4.78, 5) is 14.0. The average Bonchev–Trinajstić information content (AvgIpc) is 2.36. The minimum Gasteiger partial charge on any atom is -0.390 e. The van der Waals surface area contributed by atoms with E-state index >= 15 is 0 Å². The summed E-state index contributed by atoms with van der Waals surface area (Å²) in [6.07, 6.45) is 2.23. The molecule has 0 aromatic heterocycles. The van der Waals surface area contributed by atoms with Gasteiger partial charge in [0, 0.05) is 13.1 Å². The van der Waals surface area contributed by atoms with Crippen molar-refractivity contribution in [3.8, 4) is 0 Å². The van der Waals surface area contributed by atoms with Gasteiger partial charge in [-0.25, -0.2) is 0 Å². The van der Waals surface area contributed by atoms with E-state index in [1.165, 1.54) is 0 Å². The Morgan fingerprint density at radius 1 is 1.35 bits per heavy atom. The number of nitrogens with zero attached hydrogens (tertiary/aromatic N) is 1. The third-order valence-corrected chi connectivity index (χ3v) is 3.57. The summed E-state index contributed by atoms with van der Waals surface area (Å²) in [5.41, 5.74) is 5.14. The summed E-state index contributed by atoms with van der Waals surface area (Å²) >= 11 is 0. The van der Waals surface area contributed by atoms with Crippen LogP contribution in [0, 0.1) is 5.41 Å². The van der Waals surface area contributed by atoms with Crippen molar-refractivity contribution in [2.75, 3.05) is 13.1 Å². The number of hydrogen-bond donors (Lipinski definition) is 2. The predicted octanol–water partition coefficient (Wildman–Crippen LogP) is 1.12. The Labute approximate surface area is 104 Å². The van der Waals surface area contributed by atoms with Gasteiger partial charge in [0.1, 0.15) is 0 Å². The zero-order valence-corrected chi connectivity index (χ0v) is 11.5. The minimum absolute atomic E-state index is 0.00944. The van der Waals surface area contributed by atoms with E-state index in [2.05, 4.69) is 0 Å². The monoisotopic (exact) mass is 242 g/mol. The molecule has 1 fully saturated rings. The van der Waals surface area contributed by atoms with Crippen LogP contribution in [0.15, 0.2) is 0 Å². The van der Waals surface area contributed by atoms with Crippen LogP contribution < -0.4 is 5.73 Å². The van der Waals surface area contributed by atoms with Crippen LogP contribution in [0.2, 0.25) is 0 Å². The molecule has 0 aliphatic carbocycles. The molecule has 0 aromatic rings. The summed E-state index contributed by atoms with van der Waals surface area (Å²) < 4.78 is 0. The maximum absolute atomic E-state index is 12.2. The molecule has 0 spiro atoms. The molecule has 1 saturated heterocycles. The first-order chi connectivity index (χ1) is 7.63. The van der Waals surface area contributed by atoms with E-state index in [1.54, 1.807) is 4.90 Å². The van der Waals surface area contributed by atoms with Gasteiger partial charge in [-0.3, -0.25) is 4.79 Å². The van der Waals surface area contributed by atoms with Crippen LogP contribution in [0.1, 0.15) is 47.0 Å². The number of hydrogen-bond acceptors (Lipinski definition) is 3. The smallest absolute Gasteiger partial charge is 0.240 e. The van der Waals surface area contributed by atoms with Crippen molar-refractivity contribution < 1.29 is 9.90 Å². The van der Waals surface area contributed by atoms with E-state index in [4.69, 9.17) is 5.73 Å². The highest BCUT2D eigenvalue weighted by molar-refractivity contribution is 5.82. The first-order valence-electron chi connectivity index (χ1n) is 6.40. The van der Waals surface area contributed by atoms with Crippen LogP contribution in [-0.4, -0.2) is 40.6 Å². The van der Waals surface area contributed by atoms with Crippen molar-refractivity contribution >= 4 is 5.91 Å². The fraction of sp³-hybridized carbons (Fsp3) is 0.923. The molecule has 2 atom stereocenters. The Morgan fingerprint density at radius 3 is 2.47 bits per heavy atom. The molecule has 0 bridgehead atoms. The zero-order chi connectivity index (χ0) is 13.3. The average molecular weight is 242 g/mol. The molecule has 1 heterocycles. The van der Waals surface area contributed by atoms with Crippen molar-refractivity contribution in [2.24, 2.45) is 11.1 Å². The quantitative estimate of drug-likeness (QED) is 0.724. The second-order valence-electron chi connectivity index (χ2n) is 6.52. The summed E-state index contributed by atoms with van der Waals surface area (Å²) in [5.74, 6) is 0.00944. The second kappa shape index (κ2) is 4.94. The van der Waals surface area contributed by atoms with Crippen LogP contribution in [-0.2, 0) is 4.79 Å². The lowest BCUT2D eigenvalue weighted by molar-refractivity contribution is -0.135. The van der Waals surface area contributed by atoms with Gasteiger partial charge in [-0.2, -0.15) is 0 Å². The van der Waals surface area contributed by atoms with Crippen molar-refractivity contribution in [1.29, 1.82) is 0 Å². The Balaban J connectivity index is 2.65. The highest BCUT2D eigenvalue weighted by atomic mass is 16.3. The van der Waals surface area contributed by atoms with Gasteiger partial charge < -0.3 is 15.7 Å². The standard InChI is InChI=1S/C13H26N2O2/c1-12(2,3)10(14)11(16)15-8-5-6-13(4,17)7-9-15/h10,17H,5-9,14H2,1-4H3/t10-,13?/m0/s1. The highest BCUT2D eigenvalue weighted by Crippen LogP contribution is 2.24. The second-order valence-corrected chi connectivity index (χ2v) is 6.52. The molecule has 1 amide bonds. The van der Waals surface area contributed by atoms with E-state index in [1.807, 2.05) is 27.7 Å². The molecule has 0 radical (unpaired) electrons. The van der Waals surface area contributed by atoms with Gasteiger partial charge >= 0.3 is 0 Å². The predicted molar refractivity (Wildman–Crippen MR) is 68.5 cm³/mol. The van der Waals surface area contributed by atoms with Gasteiger partial charge in [-0.15, -0.1) is 0 Å². The van der Waals surface area contributed by atoms with Gasteiger partial charge in [0.2, 0.25) is 5.91 Å². The van der Waals surface area contributed by atoms with Gasteiger partial charge in [0.25, 0.3) is 0 Å². The SMILES string of the molecule is CC1(O)CCCN(C(=O)[C@H](N)C(C)(C)C)CC1. The number of carbonyl (C=O) groups excluding carboxylic acids is 1. The highest BCUT2D eigenvalue weighted by Gasteiger charge is 2.33. The van der Waals surface area contributed by atoms with Crippen LogP contribution in [0.4, 0.5) is 0 Å². The lowest BCUT2D eigenvalue weighted by atomic mass is 9.86. The summed E-state index contributed by atoms with van der Waals surface area (Å²) in [5, 5.41) is 9.98. The third-order valence-electron chi connectivity index (χ3n) is 3.57. The van der Waals surface area contributed by atoms with E-state index in [-0.39, 0.29) is 11.3 Å². The molecule has 1 rings (SSSR count). The Bertz CT molecular complexity index is 282. The summed E-state index contributed by atoms with van der Waals surface area (Å²) in [6, 6.07) is -0.467. The number of likely N-dealkylation sites (tertiary alicyclic amines) is 1. The van der Waals surface area contributed by atoms with Crippen LogP contribution in [0.3, 0.4) is 0 Å². The molecule has 1 aliphatic rings. The lowest BCUT2D eigenvalue weighted by Gasteiger charge is -2.31. The minimum atomic E-state index is -0.638. The molecule has 0 saturated carbocycles. The normalized spacial score (nSPS) is 28.7. The molecule has 1 aliphatic heterocycles. The van der Waals surface area contributed by atoms with Gasteiger partial charge in [0.05, 0.1) is 11.6 Å². The van der Waals surface area contributed by atoms with E-state index < -0.39 is 11.6 Å². The fourth-order valence-corrected chi connectivity index (χ4v) is 2.05. The topological polar surface area (TPSA) is 66.6 Å². The number of carbonyl (C=O) groups is 1. The van der Waals surface area contributed by atoms with Gasteiger partial charge in [0.15, 0.2) is 0 Å².